The highest BCUT2D eigenvalue weighted by Gasteiger charge is 2.17. The summed E-state index contributed by atoms with van der Waals surface area (Å²) in [6, 6.07) is 6.93. The molecule has 0 saturated heterocycles. The highest BCUT2D eigenvalue weighted by molar-refractivity contribution is 6.31. The van der Waals surface area contributed by atoms with Crippen LogP contribution in [0.25, 0.3) is 0 Å². The van der Waals surface area contributed by atoms with Crippen LogP contribution in [0.15, 0.2) is 24.3 Å². The summed E-state index contributed by atoms with van der Waals surface area (Å²) in [6.45, 7) is 3.99. The summed E-state index contributed by atoms with van der Waals surface area (Å²) < 4.78 is 0. The van der Waals surface area contributed by atoms with E-state index in [1.807, 2.05) is 31.2 Å². The number of carbonyl (C=O) groups excluding carboxylic acids is 1. The highest BCUT2D eigenvalue weighted by atomic mass is 35.5. The first-order valence-corrected chi connectivity index (χ1v) is 6.74. The Morgan fingerprint density at radius 1 is 1.44 bits per heavy atom. The maximum absolute atomic E-state index is 11.9. The van der Waals surface area contributed by atoms with Gasteiger partial charge in [0.2, 0.25) is 5.91 Å². The number of nitrogens with one attached hydrogen (secondary N) is 1. The average molecular weight is 269 g/mol. The summed E-state index contributed by atoms with van der Waals surface area (Å²) in [6.07, 6.45) is 2.73. The van der Waals surface area contributed by atoms with Crippen LogP contribution in [-0.4, -0.2) is 11.9 Å². The van der Waals surface area contributed by atoms with Gasteiger partial charge >= 0.3 is 0 Å². The van der Waals surface area contributed by atoms with Crippen LogP contribution < -0.4 is 11.1 Å². The zero-order valence-electron chi connectivity index (χ0n) is 10.9. The molecular formula is C14H21ClN2O. The lowest BCUT2D eigenvalue weighted by Gasteiger charge is -2.18. The molecule has 0 fully saturated rings. The zero-order chi connectivity index (χ0) is 13.5. The van der Waals surface area contributed by atoms with E-state index in [9.17, 15) is 4.79 Å². The molecule has 0 heterocycles. The normalized spacial score (nSPS) is 14.0. The predicted molar refractivity (Wildman–Crippen MR) is 75.5 cm³/mol. The molecule has 100 valence electrons. The minimum Gasteiger partial charge on any atom is -0.348 e. The molecule has 0 spiro atoms. The van der Waals surface area contributed by atoms with Gasteiger partial charge in [0.25, 0.3) is 0 Å². The summed E-state index contributed by atoms with van der Waals surface area (Å²) in [5.74, 6) is -0.115. The number of carbonyl (C=O) groups is 1. The molecule has 1 amide bonds. The predicted octanol–water partition coefficient (Wildman–Crippen LogP) is 3.03. The fraction of sp³-hybridized carbons (Fsp3) is 0.500. The molecule has 0 bridgehead atoms. The highest BCUT2D eigenvalue weighted by Crippen LogP contribution is 2.22. The number of hydrogen-bond donors (Lipinski definition) is 2. The number of rotatable bonds is 6. The SMILES string of the molecule is CCCCC(N)C(=O)NC(C)c1ccccc1Cl. The Balaban J connectivity index is 2.57. The van der Waals surface area contributed by atoms with Gasteiger partial charge in [0.1, 0.15) is 0 Å². The van der Waals surface area contributed by atoms with E-state index < -0.39 is 6.04 Å². The van der Waals surface area contributed by atoms with Crippen LogP contribution in [0, 0.1) is 0 Å². The van der Waals surface area contributed by atoms with Crippen molar-refractivity contribution in [2.45, 2.75) is 45.2 Å². The van der Waals surface area contributed by atoms with E-state index in [1.165, 1.54) is 0 Å². The largest absolute Gasteiger partial charge is 0.348 e. The Morgan fingerprint density at radius 3 is 2.72 bits per heavy atom. The molecule has 0 aliphatic heterocycles. The molecule has 2 atom stereocenters. The fourth-order valence-corrected chi connectivity index (χ4v) is 2.08. The van der Waals surface area contributed by atoms with E-state index in [0.29, 0.717) is 5.02 Å². The second-order valence-corrected chi connectivity index (χ2v) is 4.91. The van der Waals surface area contributed by atoms with Crippen molar-refractivity contribution in [3.05, 3.63) is 34.9 Å². The van der Waals surface area contributed by atoms with Gasteiger partial charge in [0.05, 0.1) is 12.1 Å². The first-order chi connectivity index (χ1) is 8.56. The second-order valence-electron chi connectivity index (χ2n) is 4.50. The number of benzene rings is 1. The van der Waals surface area contributed by atoms with E-state index in [0.717, 1.165) is 24.8 Å². The van der Waals surface area contributed by atoms with Crippen LogP contribution in [0.4, 0.5) is 0 Å². The molecule has 0 saturated carbocycles. The van der Waals surface area contributed by atoms with E-state index >= 15 is 0 Å². The average Bonchev–Trinajstić information content (AvgIpc) is 2.36. The van der Waals surface area contributed by atoms with Crippen molar-refractivity contribution in [2.75, 3.05) is 0 Å². The number of nitrogens with two attached hydrogens (primary N) is 1. The number of amides is 1. The molecule has 4 heteroatoms. The summed E-state index contributed by atoms with van der Waals surface area (Å²) in [4.78, 5) is 11.9. The minimum atomic E-state index is -0.435. The molecule has 0 aliphatic rings. The molecule has 0 aromatic heterocycles. The van der Waals surface area contributed by atoms with Crippen LogP contribution >= 0.6 is 11.6 Å². The smallest absolute Gasteiger partial charge is 0.237 e. The van der Waals surface area contributed by atoms with Crippen LogP contribution in [0.2, 0.25) is 5.02 Å². The summed E-state index contributed by atoms with van der Waals surface area (Å²) in [5, 5.41) is 3.56. The molecule has 1 aromatic carbocycles. The Hall–Kier alpha value is -1.06. The third-order valence-electron chi connectivity index (χ3n) is 2.94. The van der Waals surface area contributed by atoms with Crippen molar-refractivity contribution in [3.8, 4) is 0 Å². The van der Waals surface area contributed by atoms with Gasteiger partial charge in [0, 0.05) is 5.02 Å². The minimum absolute atomic E-state index is 0.115. The van der Waals surface area contributed by atoms with Crippen molar-refractivity contribution in [1.82, 2.24) is 5.32 Å². The van der Waals surface area contributed by atoms with Gasteiger partial charge in [-0.25, -0.2) is 0 Å². The molecule has 1 rings (SSSR count). The van der Waals surface area contributed by atoms with Gasteiger partial charge in [-0.15, -0.1) is 0 Å². The van der Waals surface area contributed by atoms with Gasteiger partial charge in [-0.1, -0.05) is 49.6 Å². The van der Waals surface area contributed by atoms with Gasteiger partial charge in [-0.05, 0) is 25.0 Å². The number of unbranched alkanes of at least 4 members (excludes halogenated alkanes) is 1. The van der Waals surface area contributed by atoms with Crippen LogP contribution in [0.1, 0.15) is 44.7 Å². The molecule has 0 radical (unpaired) electrons. The van der Waals surface area contributed by atoms with Crippen molar-refractivity contribution in [2.24, 2.45) is 5.73 Å². The first kappa shape index (κ1) is 15.0. The van der Waals surface area contributed by atoms with E-state index in [4.69, 9.17) is 17.3 Å². The number of hydrogen-bond acceptors (Lipinski definition) is 2. The monoisotopic (exact) mass is 268 g/mol. The summed E-state index contributed by atoms with van der Waals surface area (Å²) in [5.41, 5.74) is 6.73. The van der Waals surface area contributed by atoms with Crippen molar-refractivity contribution in [3.63, 3.8) is 0 Å². The van der Waals surface area contributed by atoms with E-state index in [1.54, 1.807) is 0 Å². The van der Waals surface area contributed by atoms with Crippen molar-refractivity contribution < 1.29 is 4.79 Å². The Labute approximate surface area is 114 Å². The Bertz CT molecular complexity index is 395. The second kappa shape index (κ2) is 7.39. The maximum Gasteiger partial charge on any atom is 0.237 e. The summed E-state index contributed by atoms with van der Waals surface area (Å²) in [7, 11) is 0. The molecule has 0 aliphatic carbocycles. The van der Waals surface area contributed by atoms with E-state index in [2.05, 4.69) is 12.2 Å². The summed E-state index contributed by atoms with van der Waals surface area (Å²) >= 11 is 6.08. The van der Waals surface area contributed by atoms with Gasteiger partial charge in [-0.3, -0.25) is 4.79 Å². The fourth-order valence-electron chi connectivity index (χ4n) is 1.78. The van der Waals surface area contributed by atoms with Gasteiger partial charge < -0.3 is 11.1 Å². The quantitative estimate of drug-likeness (QED) is 0.833. The van der Waals surface area contributed by atoms with Crippen LogP contribution in [0.3, 0.4) is 0 Å². The standard InChI is InChI=1S/C14H21ClN2O/c1-3-4-9-13(16)14(18)17-10(2)11-7-5-6-8-12(11)15/h5-8,10,13H,3-4,9,16H2,1-2H3,(H,17,18). The first-order valence-electron chi connectivity index (χ1n) is 6.36. The number of halogens is 1. The van der Waals surface area contributed by atoms with Gasteiger partial charge in [-0.2, -0.15) is 0 Å². The Morgan fingerprint density at radius 2 is 2.11 bits per heavy atom. The topological polar surface area (TPSA) is 55.1 Å². The third kappa shape index (κ3) is 4.31. The molecule has 2 unspecified atom stereocenters. The zero-order valence-corrected chi connectivity index (χ0v) is 11.7. The van der Waals surface area contributed by atoms with Crippen molar-refractivity contribution in [1.29, 1.82) is 0 Å². The lowest BCUT2D eigenvalue weighted by molar-refractivity contribution is -0.123. The van der Waals surface area contributed by atoms with Crippen LogP contribution in [0.5, 0.6) is 0 Å². The molecule has 18 heavy (non-hydrogen) atoms. The maximum atomic E-state index is 11.9. The molecule has 1 aromatic rings. The van der Waals surface area contributed by atoms with Gasteiger partial charge in [0.15, 0.2) is 0 Å². The lowest BCUT2D eigenvalue weighted by atomic mass is 10.1. The van der Waals surface area contributed by atoms with Crippen molar-refractivity contribution >= 4 is 17.5 Å². The Kier molecular flexibility index (Phi) is 6.16. The van der Waals surface area contributed by atoms with Crippen LogP contribution in [-0.2, 0) is 4.79 Å². The third-order valence-corrected chi connectivity index (χ3v) is 3.28. The lowest BCUT2D eigenvalue weighted by Crippen LogP contribution is -2.41. The molecule has 3 nitrogen and oxygen atoms in total. The molecular weight excluding hydrogens is 248 g/mol. The molecule has 3 N–H and O–H groups in total. The van der Waals surface area contributed by atoms with E-state index in [-0.39, 0.29) is 11.9 Å².